The van der Waals surface area contributed by atoms with E-state index < -0.39 is 6.04 Å². The van der Waals surface area contributed by atoms with Crippen LogP contribution in [0.25, 0.3) is 0 Å². The summed E-state index contributed by atoms with van der Waals surface area (Å²) in [4.78, 5) is 26.2. The van der Waals surface area contributed by atoms with Crippen LogP contribution in [0.2, 0.25) is 0 Å². The van der Waals surface area contributed by atoms with Crippen molar-refractivity contribution in [1.82, 2.24) is 4.90 Å². The van der Waals surface area contributed by atoms with Crippen LogP contribution < -0.4 is 0 Å². The third kappa shape index (κ3) is 2.71. The number of rotatable bonds is 2. The molecular formula is C16H18BrNO3. The van der Waals surface area contributed by atoms with E-state index in [0.29, 0.717) is 13.0 Å². The first kappa shape index (κ1) is 14.6. The molecule has 112 valence electrons. The van der Waals surface area contributed by atoms with Gasteiger partial charge >= 0.3 is 5.97 Å². The van der Waals surface area contributed by atoms with Gasteiger partial charge in [-0.15, -0.1) is 0 Å². The average molecular weight is 352 g/mol. The zero-order chi connectivity index (χ0) is 15.0. The number of ether oxygens (including phenoxy) is 1. The highest BCUT2D eigenvalue weighted by molar-refractivity contribution is 9.10. The Hall–Kier alpha value is -1.36. The smallest absolute Gasteiger partial charge is 0.328 e. The second-order valence-electron chi connectivity index (χ2n) is 5.73. The molecule has 1 aliphatic heterocycles. The van der Waals surface area contributed by atoms with Gasteiger partial charge in [0.2, 0.25) is 5.91 Å². The Morgan fingerprint density at radius 3 is 2.81 bits per heavy atom. The molecule has 1 aliphatic carbocycles. The molecule has 2 aliphatic rings. The molecule has 0 N–H and O–H groups in total. The predicted octanol–water partition coefficient (Wildman–Crippen LogP) is 2.33. The van der Waals surface area contributed by atoms with Gasteiger partial charge in [-0.3, -0.25) is 4.79 Å². The van der Waals surface area contributed by atoms with Crippen molar-refractivity contribution in [2.75, 3.05) is 13.7 Å². The van der Waals surface area contributed by atoms with Crippen LogP contribution in [-0.2, 0) is 27.2 Å². The maximum Gasteiger partial charge on any atom is 0.328 e. The molecule has 1 saturated heterocycles. The number of esters is 1. The largest absolute Gasteiger partial charge is 0.467 e. The SMILES string of the molecule is COC(=O)C1CCCN1C(=O)C1Cc2ccc(Br)cc2C1. The molecule has 0 saturated carbocycles. The van der Waals surface area contributed by atoms with Crippen molar-refractivity contribution < 1.29 is 14.3 Å². The maximum absolute atomic E-state index is 12.7. The van der Waals surface area contributed by atoms with Gasteiger partial charge in [0, 0.05) is 16.9 Å². The summed E-state index contributed by atoms with van der Waals surface area (Å²) < 4.78 is 5.86. The van der Waals surface area contributed by atoms with E-state index in [0.717, 1.165) is 23.7 Å². The number of benzene rings is 1. The van der Waals surface area contributed by atoms with Crippen molar-refractivity contribution in [3.63, 3.8) is 0 Å². The Bertz CT molecular complexity index is 587. The van der Waals surface area contributed by atoms with E-state index in [1.165, 1.54) is 18.2 Å². The van der Waals surface area contributed by atoms with Gasteiger partial charge in [-0.05, 0) is 48.9 Å². The molecule has 0 radical (unpaired) electrons. The Morgan fingerprint density at radius 2 is 2.05 bits per heavy atom. The molecule has 3 rings (SSSR count). The molecule has 1 aromatic carbocycles. The van der Waals surface area contributed by atoms with Crippen molar-refractivity contribution in [2.24, 2.45) is 5.92 Å². The summed E-state index contributed by atoms with van der Waals surface area (Å²) in [6, 6.07) is 5.79. The summed E-state index contributed by atoms with van der Waals surface area (Å²) in [5, 5.41) is 0. The van der Waals surface area contributed by atoms with Crippen molar-refractivity contribution in [3.8, 4) is 0 Å². The third-order valence-corrected chi connectivity index (χ3v) is 4.95. The topological polar surface area (TPSA) is 46.6 Å². The number of carbonyl (C=O) groups excluding carboxylic acids is 2. The van der Waals surface area contributed by atoms with Crippen molar-refractivity contribution in [2.45, 2.75) is 31.7 Å². The number of likely N-dealkylation sites (tertiary alicyclic amines) is 1. The molecule has 1 aromatic rings. The fourth-order valence-electron chi connectivity index (χ4n) is 3.41. The Kier molecular flexibility index (Phi) is 4.02. The third-order valence-electron chi connectivity index (χ3n) is 4.46. The number of carbonyl (C=O) groups is 2. The molecule has 0 aromatic heterocycles. The number of methoxy groups -OCH3 is 1. The fraction of sp³-hybridized carbons (Fsp3) is 0.500. The molecule has 21 heavy (non-hydrogen) atoms. The molecule has 2 atom stereocenters. The molecule has 1 fully saturated rings. The van der Waals surface area contributed by atoms with Gasteiger partial charge in [-0.2, -0.15) is 0 Å². The zero-order valence-electron chi connectivity index (χ0n) is 12.0. The lowest BCUT2D eigenvalue weighted by Gasteiger charge is -2.25. The van der Waals surface area contributed by atoms with Gasteiger partial charge in [0.05, 0.1) is 7.11 Å². The van der Waals surface area contributed by atoms with Crippen LogP contribution in [0.3, 0.4) is 0 Å². The minimum atomic E-state index is -0.391. The lowest BCUT2D eigenvalue weighted by molar-refractivity contribution is -0.152. The van der Waals surface area contributed by atoms with Gasteiger partial charge in [-0.1, -0.05) is 22.0 Å². The van der Waals surface area contributed by atoms with E-state index in [4.69, 9.17) is 4.74 Å². The molecule has 2 unspecified atom stereocenters. The lowest BCUT2D eigenvalue weighted by atomic mass is 10.0. The molecule has 5 heteroatoms. The maximum atomic E-state index is 12.7. The fourth-order valence-corrected chi connectivity index (χ4v) is 3.82. The van der Waals surface area contributed by atoms with Gasteiger partial charge < -0.3 is 9.64 Å². The van der Waals surface area contributed by atoms with Crippen molar-refractivity contribution >= 4 is 27.8 Å². The first-order chi connectivity index (χ1) is 10.1. The normalized spacial score (nSPS) is 24.0. The number of hydrogen-bond acceptors (Lipinski definition) is 3. The quantitative estimate of drug-likeness (QED) is 0.768. The molecular weight excluding hydrogens is 334 g/mol. The standard InChI is InChI=1S/C16H18BrNO3/c1-21-16(20)14-3-2-6-18(14)15(19)12-7-10-4-5-13(17)9-11(10)8-12/h4-5,9,12,14H,2-3,6-8H2,1H3. The lowest BCUT2D eigenvalue weighted by Crippen LogP contribution is -2.44. The second kappa shape index (κ2) is 5.79. The van der Waals surface area contributed by atoms with Crippen LogP contribution in [0, 0.1) is 5.92 Å². The van der Waals surface area contributed by atoms with Crippen molar-refractivity contribution in [3.05, 3.63) is 33.8 Å². The minimum absolute atomic E-state index is 0.0421. The van der Waals surface area contributed by atoms with Gasteiger partial charge in [0.1, 0.15) is 6.04 Å². The summed E-state index contributed by atoms with van der Waals surface area (Å²) in [6.07, 6.45) is 3.12. The van der Waals surface area contributed by atoms with Crippen LogP contribution in [0.5, 0.6) is 0 Å². The van der Waals surface area contributed by atoms with E-state index in [-0.39, 0.29) is 17.8 Å². The first-order valence-electron chi connectivity index (χ1n) is 7.25. The van der Waals surface area contributed by atoms with Crippen LogP contribution in [0.15, 0.2) is 22.7 Å². The predicted molar refractivity (Wildman–Crippen MR) is 81.8 cm³/mol. The highest BCUT2D eigenvalue weighted by Crippen LogP contribution is 2.32. The van der Waals surface area contributed by atoms with Gasteiger partial charge in [0.15, 0.2) is 0 Å². The Morgan fingerprint density at radius 1 is 1.29 bits per heavy atom. The monoisotopic (exact) mass is 351 g/mol. The molecule has 0 bridgehead atoms. The van der Waals surface area contributed by atoms with Gasteiger partial charge in [0.25, 0.3) is 0 Å². The average Bonchev–Trinajstić information content (AvgIpc) is 3.11. The summed E-state index contributed by atoms with van der Waals surface area (Å²) >= 11 is 3.47. The van der Waals surface area contributed by atoms with Crippen LogP contribution >= 0.6 is 15.9 Å². The van der Waals surface area contributed by atoms with Crippen LogP contribution in [-0.4, -0.2) is 36.5 Å². The van der Waals surface area contributed by atoms with Crippen molar-refractivity contribution in [1.29, 1.82) is 0 Å². The van der Waals surface area contributed by atoms with Crippen LogP contribution in [0.4, 0.5) is 0 Å². The summed E-state index contributed by atoms with van der Waals surface area (Å²) in [7, 11) is 1.38. The van der Waals surface area contributed by atoms with E-state index in [1.54, 1.807) is 4.90 Å². The number of fused-ring (bicyclic) bond motifs is 1. The number of amides is 1. The van der Waals surface area contributed by atoms with E-state index in [1.807, 2.05) is 6.07 Å². The molecule has 1 amide bonds. The van der Waals surface area contributed by atoms with E-state index in [9.17, 15) is 9.59 Å². The Labute approximate surface area is 132 Å². The number of halogens is 1. The van der Waals surface area contributed by atoms with Crippen LogP contribution in [0.1, 0.15) is 24.0 Å². The number of nitrogens with zero attached hydrogens (tertiary/aromatic N) is 1. The van der Waals surface area contributed by atoms with Gasteiger partial charge in [-0.25, -0.2) is 4.79 Å². The molecule has 4 nitrogen and oxygen atoms in total. The Balaban J connectivity index is 1.74. The zero-order valence-corrected chi connectivity index (χ0v) is 13.6. The molecule has 0 spiro atoms. The second-order valence-corrected chi connectivity index (χ2v) is 6.65. The number of hydrogen-bond donors (Lipinski definition) is 0. The first-order valence-corrected chi connectivity index (χ1v) is 8.05. The summed E-state index contributed by atoms with van der Waals surface area (Å²) in [6.45, 7) is 0.662. The van der Waals surface area contributed by atoms with E-state index in [2.05, 4.69) is 28.1 Å². The highest BCUT2D eigenvalue weighted by atomic mass is 79.9. The van der Waals surface area contributed by atoms with E-state index >= 15 is 0 Å². The summed E-state index contributed by atoms with van der Waals surface area (Å²) in [5.41, 5.74) is 2.47. The highest BCUT2D eigenvalue weighted by Gasteiger charge is 2.39. The molecule has 1 heterocycles. The summed E-state index contributed by atoms with van der Waals surface area (Å²) in [5.74, 6) is -0.242. The minimum Gasteiger partial charge on any atom is -0.467 e.